The Morgan fingerprint density at radius 2 is 1.62 bits per heavy atom. The number of ketones is 2. The second-order valence-electron chi connectivity index (χ2n) is 22.6. The Labute approximate surface area is 385 Å². The highest BCUT2D eigenvalue weighted by Crippen LogP contribution is 2.60. The molecule has 1 aromatic heterocycles. The normalized spacial score (nSPS) is 23.7. The summed E-state index contributed by atoms with van der Waals surface area (Å²) >= 11 is 0. The van der Waals surface area contributed by atoms with Crippen LogP contribution in [0.3, 0.4) is 0 Å². The molecule has 4 aliphatic rings. The van der Waals surface area contributed by atoms with E-state index in [0.29, 0.717) is 6.42 Å². The lowest BCUT2D eigenvalue weighted by Crippen LogP contribution is -2.68. The summed E-state index contributed by atoms with van der Waals surface area (Å²) in [6.07, 6.45) is -0.171. The number of anilines is 1. The predicted octanol–water partition coefficient (Wildman–Crippen LogP) is 10.5. The van der Waals surface area contributed by atoms with Crippen molar-refractivity contribution in [3.8, 4) is 11.6 Å². The molecule has 13 nitrogen and oxygen atoms in total. The summed E-state index contributed by atoms with van der Waals surface area (Å²) in [5.74, 6) is -3.74. The zero-order valence-electron chi connectivity index (χ0n) is 41.2. The molecule has 1 aliphatic heterocycles. The highest BCUT2D eigenvalue weighted by molar-refractivity contribution is 6.75. The van der Waals surface area contributed by atoms with E-state index in [1.165, 1.54) is 4.90 Å². The molecule has 2 aromatic carbocycles. The molecule has 1 amide bonds. The van der Waals surface area contributed by atoms with E-state index < -0.39 is 86.0 Å². The Balaban J connectivity index is 1.51. The van der Waals surface area contributed by atoms with Crippen molar-refractivity contribution >= 4 is 45.7 Å². The molecule has 354 valence electrons. The highest BCUT2D eigenvalue weighted by atomic mass is 28.4. The summed E-state index contributed by atoms with van der Waals surface area (Å²) in [6.45, 7) is 25.8. The molecule has 0 radical (unpaired) electrons. The molecule has 1 unspecified atom stereocenters. The van der Waals surface area contributed by atoms with Crippen LogP contribution in [0.5, 0.6) is 11.6 Å². The van der Waals surface area contributed by atoms with E-state index in [9.17, 15) is 9.90 Å². The van der Waals surface area contributed by atoms with Crippen molar-refractivity contribution in [2.45, 2.75) is 148 Å². The Hall–Kier alpha value is -4.36. The molecule has 65 heavy (non-hydrogen) atoms. The average Bonchev–Trinajstić information content (AvgIpc) is 3.59. The Bertz CT molecular complexity index is 2430. The first kappa shape index (κ1) is 48.6. The minimum absolute atomic E-state index is 0.00374. The third-order valence-corrected chi connectivity index (χ3v) is 23.6. The van der Waals surface area contributed by atoms with Crippen LogP contribution in [0.25, 0.3) is 5.76 Å². The zero-order valence-corrected chi connectivity index (χ0v) is 43.2. The van der Waals surface area contributed by atoms with E-state index in [2.05, 4.69) is 31.2 Å². The van der Waals surface area contributed by atoms with Gasteiger partial charge in [0.15, 0.2) is 25.4 Å². The molecule has 5 atom stereocenters. The molecule has 1 saturated carbocycles. The summed E-state index contributed by atoms with van der Waals surface area (Å²) in [7, 11) is -0.199. The number of benzene rings is 2. The molecule has 0 spiro atoms. The SMILES string of the molecule is CN[C@@H]1c2onc(O[Si](C)(C)C(C)(C)C)c2C(=O)[C@@]2(O[Si](C)(C)C(C)(C)C)C(=O)C3=C(O)c4c(c(F)c5c(c4OCc4ccccc4)N(C(=O)OC(C)(C)C)CCC5N(C)C)C[C@H]3C[C@@H]12. The number of halogens is 1. The van der Waals surface area contributed by atoms with Gasteiger partial charge in [-0.2, -0.15) is 0 Å². The largest absolute Gasteiger partial charge is 0.528 e. The topological polar surface area (TPSA) is 153 Å². The summed E-state index contributed by atoms with van der Waals surface area (Å²) in [5.41, 5.74) is -1.77. The van der Waals surface area contributed by atoms with E-state index in [1.807, 2.05) is 96.3 Å². The number of nitrogens with one attached hydrogen (secondary N) is 1. The number of hydrogen-bond donors (Lipinski definition) is 2. The van der Waals surface area contributed by atoms with Gasteiger partial charge in [0.1, 0.15) is 29.3 Å². The average molecular weight is 933 g/mol. The number of carbonyl (C=O) groups is 3. The van der Waals surface area contributed by atoms with Crippen LogP contribution in [0.4, 0.5) is 14.9 Å². The van der Waals surface area contributed by atoms with Crippen molar-refractivity contribution in [1.82, 2.24) is 15.4 Å². The minimum atomic E-state index is -3.03. The van der Waals surface area contributed by atoms with Gasteiger partial charge in [-0.25, -0.2) is 9.18 Å². The summed E-state index contributed by atoms with van der Waals surface area (Å²) in [4.78, 5) is 49.5. The molecule has 3 aliphatic carbocycles. The zero-order chi connectivity index (χ0) is 48.1. The highest BCUT2D eigenvalue weighted by Gasteiger charge is 2.69. The van der Waals surface area contributed by atoms with Crippen LogP contribution in [-0.4, -0.2) is 88.3 Å². The third-order valence-electron chi connectivity index (χ3n) is 14.8. The Morgan fingerprint density at radius 3 is 2.18 bits per heavy atom. The number of carbonyl (C=O) groups excluding carboxylic acids is 3. The van der Waals surface area contributed by atoms with Crippen molar-refractivity contribution in [2.75, 3.05) is 32.6 Å². The molecule has 7 rings (SSSR count). The first-order valence-corrected chi connectivity index (χ1v) is 28.6. The van der Waals surface area contributed by atoms with E-state index in [4.69, 9.17) is 22.8 Å². The molecule has 16 heteroatoms. The van der Waals surface area contributed by atoms with Crippen LogP contribution in [-0.2, 0) is 27.0 Å². The molecule has 0 saturated heterocycles. The number of aliphatic hydroxyl groups is 1. The first-order valence-electron chi connectivity index (χ1n) is 22.8. The van der Waals surface area contributed by atoms with Gasteiger partial charge in [0.2, 0.25) is 11.6 Å². The van der Waals surface area contributed by atoms with Crippen molar-refractivity contribution in [1.29, 1.82) is 0 Å². The van der Waals surface area contributed by atoms with Crippen molar-refractivity contribution in [3.05, 3.63) is 75.3 Å². The van der Waals surface area contributed by atoms with Gasteiger partial charge in [-0.15, -0.1) is 0 Å². The van der Waals surface area contributed by atoms with Gasteiger partial charge in [0.05, 0.1) is 17.3 Å². The van der Waals surface area contributed by atoms with Crippen LogP contribution in [0, 0.1) is 17.7 Å². The van der Waals surface area contributed by atoms with Gasteiger partial charge in [0, 0.05) is 35.2 Å². The smallest absolute Gasteiger partial charge is 0.414 e. The molecule has 0 bridgehead atoms. The Morgan fingerprint density at radius 1 is 0.985 bits per heavy atom. The monoisotopic (exact) mass is 932 g/mol. The van der Waals surface area contributed by atoms with Crippen LogP contribution >= 0.6 is 0 Å². The van der Waals surface area contributed by atoms with Gasteiger partial charge in [-0.1, -0.05) is 71.9 Å². The second kappa shape index (κ2) is 16.5. The van der Waals surface area contributed by atoms with Crippen molar-refractivity contribution in [3.63, 3.8) is 0 Å². The van der Waals surface area contributed by atoms with Gasteiger partial charge < -0.3 is 38.2 Å². The van der Waals surface area contributed by atoms with Crippen LogP contribution in [0.15, 0.2) is 40.4 Å². The Kier molecular flexibility index (Phi) is 12.3. The van der Waals surface area contributed by atoms with Gasteiger partial charge in [-0.3, -0.25) is 14.5 Å². The summed E-state index contributed by atoms with van der Waals surface area (Å²) in [5, 5.41) is 20.0. The van der Waals surface area contributed by atoms with E-state index in [-0.39, 0.29) is 81.9 Å². The van der Waals surface area contributed by atoms with E-state index in [1.54, 1.807) is 27.8 Å². The van der Waals surface area contributed by atoms with Crippen molar-refractivity contribution < 1.29 is 46.7 Å². The third kappa shape index (κ3) is 8.08. The van der Waals surface area contributed by atoms with Gasteiger partial charge in [-0.05, 0) is 114 Å². The van der Waals surface area contributed by atoms with E-state index >= 15 is 14.0 Å². The lowest BCUT2D eigenvalue weighted by Gasteiger charge is -2.54. The second-order valence-corrected chi connectivity index (χ2v) is 32.0. The van der Waals surface area contributed by atoms with E-state index in [0.717, 1.165) is 5.56 Å². The first-order chi connectivity index (χ1) is 30.0. The molecular weight excluding hydrogens is 864 g/mol. The number of amides is 1. The number of nitrogens with zero attached hydrogens (tertiary/aromatic N) is 3. The lowest BCUT2D eigenvalue weighted by atomic mass is 9.57. The quantitative estimate of drug-likeness (QED) is 0.155. The van der Waals surface area contributed by atoms with Crippen LogP contribution in [0.1, 0.15) is 126 Å². The number of Topliss-reactive ketones (excluding diaryl/α,β-unsaturated/α-hetero) is 2. The number of ether oxygens (including phenoxy) is 2. The number of aliphatic hydroxyl groups excluding tert-OH is 1. The molecule has 3 aromatic rings. The molecular formula is C49H69FN4O9Si2. The minimum Gasteiger partial charge on any atom is -0.528 e. The molecule has 2 N–H and O–H groups in total. The van der Waals surface area contributed by atoms with Gasteiger partial charge >= 0.3 is 6.09 Å². The van der Waals surface area contributed by atoms with Crippen LogP contribution in [0.2, 0.25) is 36.3 Å². The maximum absolute atomic E-state index is 18.0. The number of hydrogen-bond acceptors (Lipinski definition) is 12. The lowest BCUT2D eigenvalue weighted by molar-refractivity contribution is -0.138. The molecule has 2 heterocycles. The summed E-state index contributed by atoms with van der Waals surface area (Å²) in [6, 6.07) is 8.17. The number of fused-ring (bicyclic) bond motifs is 5. The fourth-order valence-electron chi connectivity index (χ4n) is 9.41. The summed E-state index contributed by atoms with van der Waals surface area (Å²) < 4.78 is 50.7. The fraction of sp³-hybridized carbons (Fsp3) is 0.592. The number of aromatic nitrogens is 1. The maximum Gasteiger partial charge on any atom is 0.414 e. The van der Waals surface area contributed by atoms with Crippen molar-refractivity contribution in [2.24, 2.45) is 11.8 Å². The molecule has 1 fully saturated rings. The van der Waals surface area contributed by atoms with Crippen LogP contribution < -0.4 is 19.4 Å². The maximum atomic E-state index is 18.0. The van der Waals surface area contributed by atoms with Gasteiger partial charge in [0.25, 0.3) is 14.2 Å². The standard InChI is InChI=1S/C49H69FN4O9Si2/c1-46(2,3)60-45(58)54-23-22-31(53(11)12)34-36(50)29-24-28-25-30-37(51-10)40-35(44(52-61-40)62-64(13,14)47(4,5)6)43(57)49(30,63-65(15,16)48(7,8)9)42(56)32(28)39(55)33(29)41(38(34)54)59-26-27-20-18-17-19-21-27/h17-21,28,30-31,37,51,55H,22-26H2,1-16H3/t28-,30-,31?,37-,49-/m0/s1. The fourth-order valence-corrected chi connectivity index (χ4v) is 11.8. The number of rotatable bonds is 9. The predicted molar refractivity (Wildman–Crippen MR) is 253 cm³/mol.